The highest BCUT2D eigenvalue weighted by Gasteiger charge is 2.24. The predicted molar refractivity (Wildman–Crippen MR) is 78.8 cm³/mol. The maximum atomic E-state index is 5.89. The number of rotatable bonds is 6. The molecule has 1 saturated carbocycles. The van der Waals surface area contributed by atoms with E-state index in [0.29, 0.717) is 6.10 Å². The SMILES string of the molecule is CCNC(c1cccc(OC2CC2)c1)c1cnn(C)c1. The summed E-state index contributed by atoms with van der Waals surface area (Å²) >= 11 is 0. The van der Waals surface area contributed by atoms with E-state index in [0.717, 1.165) is 12.3 Å². The number of hydrogen-bond donors (Lipinski definition) is 1. The van der Waals surface area contributed by atoms with Gasteiger partial charge in [-0.2, -0.15) is 5.10 Å². The summed E-state index contributed by atoms with van der Waals surface area (Å²) < 4.78 is 7.72. The number of hydrogen-bond acceptors (Lipinski definition) is 3. The van der Waals surface area contributed by atoms with Crippen LogP contribution < -0.4 is 10.1 Å². The molecule has 20 heavy (non-hydrogen) atoms. The molecule has 1 N–H and O–H groups in total. The highest BCUT2D eigenvalue weighted by molar-refractivity contribution is 5.35. The van der Waals surface area contributed by atoms with Gasteiger partial charge in [0, 0.05) is 18.8 Å². The summed E-state index contributed by atoms with van der Waals surface area (Å²) in [5, 5.41) is 7.79. The smallest absolute Gasteiger partial charge is 0.120 e. The summed E-state index contributed by atoms with van der Waals surface area (Å²) in [7, 11) is 1.94. The van der Waals surface area contributed by atoms with Crippen LogP contribution in [0.5, 0.6) is 5.75 Å². The summed E-state index contributed by atoms with van der Waals surface area (Å²) in [5.74, 6) is 0.969. The van der Waals surface area contributed by atoms with E-state index in [1.807, 2.05) is 24.0 Å². The van der Waals surface area contributed by atoms with Crippen molar-refractivity contribution in [1.82, 2.24) is 15.1 Å². The highest BCUT2D eigenvalue weighted by Crippen LogP contribution is 2.29. The van der Waals surface area contributed by atoms with E-state index in [-0.39, 0.29) is 6.04 Å². The minimum atomic E-state index is 0.163. The van der Waals surface area contributed by atoms with Gasteiger partial charge in [0.2, 0.25) is 0 Å². The van der Waals surface area contributed by atoms with Gasteiger partial charge >= 0.3 is 0 Å². The lowest BCUT2D eigenvalue weighted by Crippen LogP contribution is -2.21. The third-order valence-corrected chi connectivity index (χ3v) is 3.48. The summed E-state index contributed by atoms with van der Waals surface area (Å²) in [4.78, 5) is 0. The lowest BCUT2D eigenvalue weighted by molar-refractivity contribution is 0.302. The van der Waals surface area contributed by atoms with Crippen LogP contribution in [0, 0.1) is 0 Å². The second-order valence-electron chi connectivity index (χ2n) is 5.33. The first-order chi connectivity index (χ1) is 9.76. The van der Waals surface area contributed by atoms with Gasteiger partial charge in [-0.15, -0.1) is 0 Å². The molecule has 1 fully saturated rings. The first-order valence-corrected chi connectivity index (χ1v) is 7.25. The van der Waals surface area contributed by atoms with Crippen LogP contribution in [-0.4, -0.2) is 22.4 Å². The van der Waals surface area contributed by atoms with Crippen LogP contribution in [0.1, 0.15) is 36.9 Å². The van der Waals surface area contributed by atoms with Gasteiger partial charge in [-0.1, -0.05) is 19.1 Å². The molecule has 1 atom stereocenters. The number of ether oxygens (including phenoxy) is 1. The standard InChI is InChI=1S/C16H21N3O/c1-3-17-16(13-10-18-19(2)11-13)12-5-4-6-15(9-12)20-14-7-8-14/h4-6,9-11,14,16-17H,3,7-8H2,1-2H3. The summed E-state index contributed by atoms with van der Waals surface area (Å²) in [6.45, 7) is 3.03. The van der Waals surface area contributed by atoms with E-state index < -0.39 is 0 Å². The van der Waals surface area contributed by atoms with Gasteiger partial charge in [0.05, 0.1) is 18.3 Å². The molecule has 0 aliphatic heterocycles. The number of nitrogens with one attached hydrogen (secondary N) is 1. The summed E-state index contributed by atoms with van der Waals surface area (Å²) in [5.41, 5.74) is 2.40. The minimum Gasteiger partial charge on any atom is -0.490 e. The molecule has 1 heterocycles. The van der Waals surface area contributed by atoms with E-state index in [4.69, 9.17) is 4.74 Å². The molecule has 1 aliphatic carbocycles. The Morgan fingerprint density at radius 2 is 2.25 bits per heavy atom. The molecule has 106 valence electrons. The van der Waals surface area contributed by atoms with E-state index in [1.54, 1.807) is 0 Å². The van der Waals surface area contributed by atoms with Crippen LogP contribution in [0.25, 0.3) is 0 Å². The molecule has 0 bridgehead atoms. The van der Waals surface area contributed by atoms with Gasteiger partial charge in [-0.05, 0) is 37.1 Å². The van der Waals surface area contributed by atoms with Crippen LogP contribution in [0.3, 0.4) is 0 Å². The molecule has 2 aromatic rings. The topological polar surface area (TPSA) is 39.1 Å². The van der Waals surface area contributed by atoms with Crippen molar-refractivity contribution in [3.8, 4) is 5.75 Å². The van der Waals surface area contributed by atoms with Gasteiger partial charge < -0.3 is 10.1 Å². The fourth-order valence-electron chi connectivity index (χ4n) is 2.37. The molecule has 4 nitrogen and oxygen atoms in total. The largest absolute Gasteiger partial charge is 0.490 e. The van der Waals surface area contributed by atoms with E-state index in [1.165, 1.54) is 24.0 Å². The molecule has 1 aliphatic rings. The third kappa shape index (κ3) is 3.02. The lowest BCUT2D eigenvalue weighted by Gasteiger charge is -2.18. The van der Waals surface area contributed by atoms with Crippen LogP contribution in [-0.2, 0) is 7.05 Å². The highest BCUT2D eigenvalue weighted by atomic mass is 16.5. The Kier molecular flexibility index (Phi) is 3.74. The van der Waals surface area contributed by atoms with Gasteiger partial charge in [0.1, 0.15) is 5.75 Å². The molecular formula is C16H21N3O. The van der Waals surface area contributed by atoms with E-state index in [9.17, 15) is 0 Å². The van der Waals surface area contributed by atoms with Crippen molar-refractivity contribution in [1.29, 1.82) is 0 Å². The van der Waals surface area contributed by atoms with Crippen LogP contribution >= 0.6 is 0 Å². The fourth-order valence-corrected chi connectivity index (χ4v) is 2.37. The molecule has 0 radical (unpaired) electrons. The minimum absolute atomic E-state index is 0.163. The molecule has 1 aromatic heterocycles. The Bertz CT molecular complexity index is 575. The molecular weight excluding hydrogens is 250 g/mol. The van der Waals surface area contributed by atoms with Crippen molar-refractivity contribution in [3.05, 3.63) is 47.8 Å². The van der Waals surface area contributed by atoms with Crippen molar-refractivity contribution in [2.24, 2.45) is 7.05 Å². The fraction of sp³-hybridized carbons (Fsp3) is 0.438. The van der Waals surface area contributed by atoms with Crippen LogP contribution in [0.2, 0.25) is 0 Å². The zero-order valence-electron chi connectivity index (χ0n) is 12.0. The molecule has 4 heteroatoms. The Hall–Kier alpha value is -1.81. The van der Waals surface area contributed by atoms with Crippen molar-refractivity contribution >= 4 is 0 Å². The molecule has 0 amide bonds. The Morgan fingerprint density at radius 1 is 1.40 bits per heavy atom. The van der Waals surface area contributed by atoms with Gasteiger partial charge in [0.15, 0.2) is 0 Å². The number of aryl methyl sites for hydroxylation is 1. The zero-order chi connectivity index (χ0) is 13.9. The van der Waals surface area contributed by atoms with Gasteiger partial charge in [-0.3, -0.25) is 4.68 Å². The zero-order valence-corrected chi connectivity index (χ0v) is 12.0. The number of aromatic nitrogens is 2. The van der Waals surface area contributed by atoms with Crippen molar-refractivity contribution in [3.63, 3.8) is 0 Å². The maximum absolute atomic E-state index is 5.89. The van der Waals surface area contributed by atoms with Crippen molar-refractivity contribution in [2.45, 2.75) is 31.9 Å². The Labute approximate surface area is 119 Å². The molecule has 1 unspecified atom stereocenters. The first kappa shape index (κ1) is 13.2. The summed E-state index contributed by atoms with van der Waals surface area (Å²) in [6, 6.07) is 8.54. The predicted octanol–water partition coefficient (Wildman–Crippen LogP) is 2.66. The quantitative estimate of drug-likeness (QED) is 0.878. The van der Waals surface area contributed by atoms with Gasteiger partial charge in [0.25, 0.3) is 0 Å². The average molecular weight is 271 g/mol. The third-order valence-electron chi connectivity index (χ3n) is 3.48. The van der Waals surface area contributed by atoms with Crippen LogP contribution in [0.4, 0.5) is 0 Å². The first-order valence-electron chi connectivity index (χ1n) is 7.25. The maximum Gasteiger partial charge on any atom is 0.120 e. The van der Waals surface area contributed by atoms with Gasteiger partial charge in [-0.25, -0.2) is 0 Å². The summed E-state index contributed by atoms with van der Waals surface area (Å²) in [6.07, 6.45) is 6.78. The lowest BCUT2D eigenvalue weighted by atomic mass is 10.0. The molecule has 1 aromatic carbocycles. The van der Waals surface area contributed by atoms with Crippen molar-refractivity contribution < 1.29 is 4.74 Å². The molecule has 3 rings (SSSR count). The Morgan fingerprint density at radius 3 is 2.90 bits per heavy atom. The Balaban J connectivity index is 1.86. The second-order valence-corrected chi connectivity index (χ2v) is 5.33. The van der Waals surface area contributed by atoms with Crippen LogP contribution in [0.15, 0.2) is 36.7 Å². The monoisotopic (exact) mass is 271 g/mol. The van der Waals surface area contributed by atoms with E-state index in [2.05, 4.69) is 41.7 Å². The normalized spacial score (nSPS) is 16.1. The second kappa shape index (κ2) is 5.67. The molecule has 0 saturated heterocycles. The van der Waals surface area contributed by atoms with Crippen molar-refractivity contribution in [2.75, 3.05) is 6.54 Å². The van der Waals surface area contributed by atoms with E-state index >= 15 is 0 Å². The molecule has 0 spiro atoms. The average Bonchev–Trinajstić information content (AvgIpc) is 3.16. The number of nitrogens with zero attached hydrogens (tertiary/aromatic N) is 2. The number of benzene rings is 1.